The Bertz CT molecular complexity index is 1170. The molecule has 0 N–H and O–H groups in total. The number of carbonyl (C=O) groups excluding carboxylic acids is 1. The van der Waals surface area contributed by atoms with E-state index in [1.165, 1.54) is 0 Å². The van der Waals surface area contributed by atoms with Crippen molar-refractivity contribution in [2.24, 2.45) is 0 Å². The van der Waals surface area contributed by atoms with Crippen molar-refractivity contribution < 1.29 is 14.3 Å². The zero-order valence-electron chi connectivity index (χ0n) is 18.0. The number of fused-ring (bicyclic) bond motifs is 2. The third-order valence-electron chi connectivity index (χ3n) is 6.27. The number of hydrogen-bond acceptors (Lipinski definition) is 5. The van der Waals surface area contributed by atoms with Gasteiger partial charge in [0, 0.05) is 39.1 Å². The maximum atomic E-state index is 13.2. The van der Waals surface area contributed by atoms with Gasteiger partial charge in [-0.3, -0.25) is 14.7 Å². The second-order valence-electron chi connectivity index (χ2n) is 8.24. The molecule has 2 unspecified atom stereocenters. The van der Waals surface area contributed by atoms with E-state index in [2.05, 4.69) is 9.88 Å². The number of halogens is 1. The summed E-state index contributed by atoms with van der Waals surface area (Å²) in [7, 11) is 3.51. The van der Waals surface area contributed by atoms with Gasteiger partial charge in [0.05, 0.1) is 23.7 Å². The first-order chi connectivity index (χ1) is 15.5. The average Bonchev–Trinajstić information content (AvgIpc) is 3.18. The molecule has 7 heteroatoms. The molecule has 1 saturated heterocycles. The maximum absolute atomic E-state index is 13.2. The molecule has 1 fully saturated rings. The van der Waals surface area contributed by atoms with Crippen molar-refractivity contribution >= 4 is 17.5 Å². The van der Waals surface area contributed by atoms with Crippen molar-refractivity contribution in [3.8, 4) is 22.6 Å². The Balaban J connectivity index is 1.43. The highest BCUT2D eigenvalue weighted by atomic mass is 35.5. The molecule has 3 aromatic rings. The minimum absolute atomic E-state index is 0.0199. The van der Waals surface area contributed by atoms with Gasteiger partial charge in [0.15, 0.2) is 0 Å². The largest absolute Gasteiger partial charge is 0.497 e. The van der Waals surface area contributed by atoms with Gasteiger partial charge < -0.3 is 14.4 Å². The Kier molecular flexibility index (Phi) is 5.49. The van der Waals surface area contributed by atoms with E-state index < -0.39 is 0 Å². The minimum atomic E-state index is -0.119. The number of aromatic nitrogens is 1. The molecule has 2 aromatic carbocycles. The number of amides is 1. The first-order valence-electron chi connectivity index (χ1n) is 10.6. The van der Waals surface area contributed by atoms with Crippen LogP contribution in [0.4, 0.5) is 0 Å². The minimum Gasteiger partial charge on any atom is -0.497 e. The van der Waals surface area contributed by atoms with E-state index in [-0.39, 0.29) is 18.1 Å². The van der Waals surface area contributed by atoms with Crippen molar-refractivity contribution in [3.63, 3.8) is 0 Å². The van der Waals surface area contributed by atoms with Crippen molar-refractivity contribution in [2.45, 2.75) is 18.7 Å². The third-order valence-corrected chi connectivity index (χ3v) is 6.61. The number of carbonyl (C=O) groups is 1. The number of likely N-dealkylation sites (tertiary alicyclic amines) is 1. The molecule has 1 amide bonds. The van der Waals surface area contributed by atoms with Crippen LogP contribution in [0.5, 0.6) is 11.5 Å². The highest BCUT2D eigenvalue weighted by Crippen LogP contribution is 2.35. The van der Waals surface area contributed by atoms with E-state index in [0.717, 1.165) is 29.0 Å². The maximum Gasteiger partial charge on any atom is 0.257 e. The predicted molar refractivity (Wildman–Crippen MR) is 123 cm³/mol. The zero-order valence-corrected chi connectivity index (χ0v) is 18.7. The highest BCUT2D eigenvalue weighted by molar-refractivity contribution is 6.31. The van der Waals surface area contributed by atoms with Gasteiger partial charge in [-0.25, -0.2) is 0 Å². The summed E-state index contributed by atoms with van der Waals surface area (Å²) in [4.78, 5) is 21.4. The number of nitrogens with zero attached hydrogens (tertiary/aromatic N) is 3. The molecule has 2 aliphatic heterocycles. The number of pyridine rings is 1. The van der Waals surface area contributed by atoms with Gasteiger partial charge >= 0.3 is 0 Å². The summed E-state index contributed by atoms with van der Waals surface area (Å²) in [6.45, 7) is 2.13. The van der Waals surface area contributed by atoms with E-state index >= 15 is 0 Å². The first-order valence-corrected chi connectivity index (χ1v) is 10.9. The number of hydrogen-bond donors (Lipinski definition) is 0. The lowest BCUT2D eigenvalue weighted by Gasteiger charge is -2.25. The predicted octanol–water partition coefficient (Wildman–Crippen LogP) is 4.13. The van der Waals surface area contributed by atoms with E-state index in [0.29, 0.717) is 29.4 Å². The summed E-state index contributed by atoms with van der Waals surface area (Å²) in [5.41, 5.74) is 3.61. The normalized spacial score (nSPS) is 20.3. The van der Waals surface area contributed by atoms with Crippen LogP contribution >= 0.6 is 11.6 Å². The lowest BCUT2D eigenvalue weighted by molar-refractivity contribution is 0.0682. The SMILES string of the molecule is COc1cccc(-c2ccc3c(c2)OC2CN(Cc4ccncc4Cl)CC2N(C)C3=O)c1. The molecular weight excluding hydrogens is 426 g/mol. The molecule has 6 nitrogen and oxygen atoms in total. The van der Waals surface area contributed by atoms with Crippen LogP contribution in [0.25, 0.3) is 11.1 Å². The lowest BCUT2D eigenvalue weighted by atomic mass is 10.0. The second-order valence-corrected chi connectivity index (χ2v) is 8.65. The number of ether oxygens (including phenoxy) is 2. The summed E-state index contributed by atoms with van der Waals surface area (Å²) >= 11 is 6.30. The first kappa shape index (κ1) is 20.8. The van der Waals surface area contributed by atoms with Crippen LogP contribution in [-0.2, 0) is 6.54 Å². The number of methoxy groups -OCH3 is 1. The quantitative estimate of drug-likeness (QED) is 0.599. The van der Waals surface area contributed by atoms with Crippen LogP contribution < -0.4 is 9.47 Å². The number of rotatable bonds is 4. The summed E-state index contributed by atoms with van der Waals surface area (Å²) in [5, 5.41) is 0.651. The Hall–Kier alpha value is -3.09. The van der Waals surface area contributed by atoms with Gasteiger partial charge in [0.1, 0.15) is 17.6 Å². The Labute approximate surface area is 192 Å². The topological polar surface area (TPSA) is 54.9 Å². The van der Waals surface area contributed by atoms with Gasteiger partial charge in [-0.1, -0.05) is 29.8 Å². The molecule has 2 atom stereocenters. The molecule has 164 valence electrons. The molecular formula is C25H24ClN3O3. The van der Waals surface area contributed by atoms with Crippen molar-refractivity contribution in [2.75, 3.05) is 27.2 Å². The van der Waals surface area contributed by atoms with Crippen molar-refractivity contribution in [1.82, 2.24) is 14.8 Å². The molecule has 3 heterocycles. The second kappa shape index (κ2) is 8.45. The lowest BCUT2D eigenvalue weighted by Crippen LogP contribution is -2.44. The Morgan fingerprint density at radius 1 is 1.16 bits per heavy atom. The molecule has 0 spiro atoms. The highest BCUT2D eigenvalue weighted by Gasteiger charge is 2.42. The average molecular weight is 450 g/mol. The fourth-order valence-electron chi connectivity index (χ4n) is 4.51. The van der Waals surface area contributed by atoms with E-state index in [1.54, 1.807) is 19.5 Å². The monoisotopic (exact) mass is 449 g/mol. The molecule has 2 aliphatic rings. The summed E-state index contributed by atoms with van der Waals surface area (Å²) in [6.07, 6.45) is 3.29. The standard InChI is InChI=1S/C25H24ClN3O3/c1-28-22-14-29(13-18-8-9-27-12-21(18)26)15-24(22)32-23-11-17(6-7-20(23)25(28)30)16-4-3-5-19(10-16)31-2/h3-12,22,24H,13-15H2,1-2H3. The van der Waals surface area contributed by atoms with Crippen LogP contribution in [-0.4, -0.2) is 60.1 Å². The van der Waals surface area contributed by atoms with Gasteiger partial charge in [-0.2, -0.15) is 0 Å². The molecule has 0 bridgehead atoms. The Morgan fingerprint density at radius 3 is 2.81 bits per heavy atom. The fourth-order valence-corrected chi connectivity index (χ4v) is 4.68. The van der Waals surface area contributed by atoms with Crippen LogP contribution in [0.1, 0.15) is 15.9 Å². The van der Waals surface area contributed by atoms with Crippen molar-refractivity contribution in [1.29, 1.82) is 0 Å². The van der Waals surface area contributed by atoms with Gasteiger partial charge in [-0.15, -0.1) is 0 Å². The van der Waals surface area contributed by atoms with Crippen LogP contribution in [0.3, 0.4) is 0 Å². The third kappa shape index (κ3) is 3.80. The van der Waals surface area contributed by atoms with E-state index in [1.807, 2.05) is 60.5 Å². The number of benzene rings is 2. The Morgan fingerprint density at radius 2 is 2.00 bits per heavy atom. The van der Waals surface area contributed by atoms with E-state index in [4.69, 9.17) is 21.1 Å². The van der Waals surface area contributed by atoms with E-state index in [9.17, 15) is 4.79 Å². The van der Waals surface area contributed by atoms with Gasteiger partial charge in [-0.05, 0) is 47.0 Å². The molecule has 5 rings (SSSR count). The van der Waals surface area contributed by atoms with Gasteiger partial charge in [0.2, 0.25) is 0 Å². The molecule has 0 radical (unpaired) electrons. The summed E-state index contributed by atoms with van der Waals surface area (Å²) in [6, 6.07) is 15.5. The summed E-state index contributed by atoms with van der Waals surface area (Å²) in [5.74, 6) is 1.39. The molecule has 32 heavy (non-hydrogen) atoms. The fraction of sp³-hybridized carbons (Fsp3) is 0.280. The van der Waals surface area contributed by atoms with Crippen molar-refractivity contribution in [3.05, 3.63) is 77.1 Å². The van der Waals surface area contributed by atoms with Crippen LogP contribution in [0, 0.1) is 0 Å². The van der Waals surface area contributed by atoms with Crippen LogP contribution in [0.15, 0.2) is 60.9 Å². The molecule has 1 aromatic heterocycles. The van der Waals surface area contributed by atoms with Crippen LogP contribution in [0.2, 0.25) is 5.02 Å². The molecule has 0 saturated carbocycles. The summed E-state index contributed by atoms with van der Waals surface area (Å²) < 4.78 is 11.8. The van der Waals surface area contributed by atoms with Gasteiger partial charge in [0.25, 0.3) is 5.91 Å². The zero-order chi connectivity index (χ0) is 22.2. The number of likely N-dealkylation sites (N-methyl/N-ethyl adjacent to an activating group) is 1. The smallest absolute Gasteiger partial charge is 0.257 e. The molecule has 0 aliphatic carbocycles.